The lowest BCUT2D eigenvalue weighted by Gasteiger charge is -2.34. The van der Waals surface area contributed by atoms with Crippen LogP contribution in [0.15, 0.2) is 54.7 Å². The lowest BCUT2D eigenvalue weighted by molar-refractivity contribution is -0.135. The van der Waals surface area contributed by atoms with Crippen molar-refractivity contribution in [2.24, 2.45) is 0 Å². The fourth-order valence-electron chi connectivity index (χ4n) is 3.86. The zero-order chi connectivity index (χ0) is 21.5. The normalized spacial score (nSPS) is 15.0. The second-order valence-electron chi connectivity index (χ2n) is 7.74. The minimum atomic E-state index is -0.321. The topological polar surface area (TPSA) is 40.6 Å². The molecule has 2 amide bonds. The lowest BCUT2D eigenvalue weighted by atomic mass is 9.93. The van der Waals surface area contributed by atoms with Gasteiger partial charge in [-0.1, -0.05) is 56.2 Å². The van der Waals surface area contributed by atoms with Crippen LogP contribution in [-0.4, -0.2) is 28.2 Å². The number of halogens is 1. The fourth-order valence-corrected chi connectivity index (χ4v) is 3.86. The first-order valence-corrected chi connectivity index (χ1v) is 10.6. The van der Waals surface area contributed by atoms with E-state index in [1.165, 1.54) is 19.1 Å². The molecule has 0 aliphatic carbocycles. The number of carbonyl (C=O) groups is 2. The predicted octanol–water partition coefficient (Wildman–Crippen LogP) is 5.31. The quantitative estimate of drug-likeness (QED) is 0.556. The van der Waals surface area contributed by atoms with Crippen molar-refractivity contribution < 1.29 is 14.0 Å². The average molecular weight is 409 g/mol. The number of benzene rings is 2. The van der Waals surface area contributed by atoms with Crippen LogP contribution in [-0.2, 0) is 16.1 Å². The summed E-state index contributed by atoms with van der Waals surface area (Å²) in [6.45, 7) is 4.73. The van der Waals surface area contributed by atoms with E-state index in [0.717, 1.165) is 36.0 Å². The molecule has 1 heterocycles. The van der Waals surface area contributed by atoms with Gasteiger partial charge in [0.1, 0.15) is 5.82 Å². The molecule has 30 heavy (non-hydrogen) atoms. The lowest BCUT2D eigenvalue weighted by Crippen LogP contribution is -2.37. The Morgan fingerprint density at radius 3 is 2.50 bits per heavy atom. The van der Waals surface area contributed by atoms with Crippen molar-refractivity contribution >= 4 is 17.9 Å². The van der Waals surface area contributed by atoms with Gasteiger partial charge >= 0.3 is 0 Å². The standard InChI is InChI=1S/C25H29FN2O2/c1-3-4-7-15-27(18-20-10-12-22(26)13-11-20)25(30)17-24-23-9-6-5-8-21(23)14-16-28(24)19(2)29/h5-6,8-14,16,24H,3-4,7,15,17-18H2,1-2H3. The fraction of sp³-hybridized carbons (Fsp3) is 0.360. The molecule has 1 unspecified atom stereocenters. The summed E-state index contributed by atoms with van der Waals surface area (Å²) < 4.78 is 13.3. The monoisotopic (exact) mass is 408 g/mol. The number of rotatable bonds is 8. The Balaban J connectivity index is 1.81. The highest BCUT2D eigenvalue weighted by molar-refractivity contribution is 5.82. The summed E-state index contributed by atoms with van der Waals surface area (Å²) in [7, 11) is 0. The van der Waals surface area contributed by atoms with Crippen LogP contribution in [0.3, 0.4) is 0 Å². The Morgan fingerprint density at radius 1 is 1.07 bits per heavy atom. The van der Waals surface area contributed by atoms with Gasteiger partial charge < -0.3 is 9.80 Å². The Morgan fingerprint density at radius 2 is 1.80 bits per heavy atom. The molecular weight excluding hydrogens is 379 g/mol. The van der Waals surface area contributed by atoms with Gasteiger partial charge in [0.25, 0.3) is 0 Å². The van der Waals surface area contributed by atoms with Crippen LogP contribution in [0.4, 0.5) is 4.39 Å². The van der Waals surface area contributed by atoms with E-state index in [1.807, 2.05) is 35.2 Å². The van der Waals surface area contributed by atoms with Crippen molar-refractivity contribution in [1.29, 1.82) is 0 Å². The first-order valence-electron chi connectivity index (χ1n) is 10.6. The van der Waals surface area contributed by atoms with E-state index >= 15 is 0 Å². The number of unbranched alkanes of at least 4 members (excludes halogenated alkanes) is 2. The number of amides is 2. The van der Waals surface area contributed by atoms with Gasteiger partial charge in [-0.2, -0.15) is 0 Å². The molecule has 4 nitrogen and oxygen atoms in total. The Hall–Kier alpha value is -2.95. The molecule has 2 aromatic carbocycles. The summed E-state index contributed by atoms with van der Waals surface area (Å²) in [6, 6.07) is 13.8. The summed E-state index contributed by atoms with van der Waals surface area (Å²) in [4.78, 5) is 29.0. The van der Waals surface area contributed by atoms with E-state index in [4.69, 9.17) is 0 Å². The van der Waals surface area contributed by atoms with Crippen molar-refractivity contribution in [3.8, 4) is 0 Å². The molecule has 0 saturated heterocycles. The van der Waals surface area contributed by atoms with Gasteiger partial charge in [0, 0.05) is 26.2 Å². The molecule has 2 aromatic rings. The highest BCUT2D eigenvalue weighted by Gasteiger charge is 2.29. The molecule has 0 bridgehead atoms. The molecule has 1 atom stereocenters. The van der Waals surface area contributed by atoms with Gasteiger partial charge in [-0.3, -0.25) is 9.59 Å². The Kier molecular flexibility index (Phi) is 7.39. The van der Waals surface area contributed by atoms with Gasteiger partial charge in [-0.15, -0.1) is 0 Å². The van der Waals surface area contributed by atoms with Crippen molar-refractivity contribution in [1.82, 2.24) is 9.80 Å². The molecule has 158 valence electrons. The second-order valence-corrected chi connectivity index (χ2v) is 7.74. The third kappa shape index (κ3) is 5.35. The molecular formula is C25H29FN2O2. The number of hydrogen-bond acceptors (Lipinski definition) is 2. The molecule has 0 spiro atoms. The highest BCUT2D eigenvalue weighted by Crippen LogP contribution is 2.33. The molecule has 0 saturated carbocycles. The molecule has 0 aromatic heterocycles. The number of nitrogens with zero attached hydrogens (tertiary/aromatic N) is 2. The maximum absolute atomic E-state index is 13.3. The SMILES string of the molecule is CCCCCN(Cc1ccc(F)cc1)C(=O)CC1c2ccccc2C=CN1C(C)=O. The first-order chi connectivity index (χ1) is 14.5. The third-order valence-corrected chi connectivity index (χ3v) is 5.51. The summed E-state index contributed by atoms with van der Waals surface area (Å²) in [5, 5.41) is 0. The van der Waals surface area contributed by atoms with Crippen molar-refractivity contribution in [2.45, 2.75) is 52.1 Å². The van der Waals surface area contributed by atoms with E-state index < -0.39 is 0 Å². The molecule has 0 fully saturated rings. The van der Waals surface area contributed by atoms with E-state index in [0.29, 0.717) is 13.1 Å². The van der Waals surface area contributed by atoms with Crippen LogP contribution < -0.4 is 0 Å². The van der Waals surface area contributed by atoms with Crippen LogP contribution in [0.5, 0.6) is 0 Å². The average Bonchev–Trinajstić information content (AvgIpc) is 2.74. The van der Waals surface area contributed by atoms with Gasteiger partial charge in [0.2, 0.25) is 11.8 Å². The maximum Gasteiger partial charge on any atom is 0.225 e. The Bertz CT molecular complexity index is 908. The second kappa shape index (κ2) is 10.2. The smallest absolute Gasteiger partial charge is 0.225 e. The number of fused-ring (bicyclic) bond motifs is 1. The molecule has 0 radical (unpaired) electrons. The maximum atomic E-state index is 13.3. The minimum Gasteiger partial charge on any atom is -0.338 e. The van der Waals surface area contributed by atoms with Gasteiger partial charge in [-0.25, -0.2) is 4.39 Å². The van der Waals surface area contributed by atoms with Crippen LogP contribution in [0, 0.1) is 5.82 Å². The highest BCUT2D eigenvalue weighted by atomic mass is 19.1. The van der Waals surface area contributed by atoms with Crippen molar-refractivity contribution in [3.63, 3.8) is 0 Å². The summed E-state index contributed by atoms with van der Waals surface area (Å²) in [5.41, 5.74) is 2.91. The predicted molar refractivity (Wildman–Crippen MR) is 117 cm³/mol. The molecule has 5 heteroatoms. The number of carbonyl (C=O) groups excluding carboxylic acids is 2. The van der Waals surface area contributed by atoms with Gasteiger partial charge in [-0.05, 0) is 41.3 Å². The van der Waals surface area contributed by atoms with Crippen molar-refractivity contribution in [3.05, 3.63) is 77.2 Å². The zero-order valence-corrected chi connectivity index (χ0v) is 17.7. The summed E-state index contributed by atoms with van der Waals surface area (Å²) in [5.74, 6) is -0.378. The third-order valence-electron chi connectivity index (χ3n) is 5.51. The van der Waals surface area contributed by atoms with Crippen LogP contribution >= 0.6 is 0 Å². The van der Waals surface area contributed by atoms with E-state index in [2.05, 4.69) is 6.92 Å². The van der Waals surface area contributed by atoms with E-state index in [-0.39, 0.29) is 30.1 Å². The van der Waals surface area contributed by atoms with Gasteiger partial charge in [0.05, 0.1) is 12.5 Å². The van der Waals surface area contributed by atoms with Crippen LogP contribution in [0.2, 0.25) is 0 Å². The minimum absolute atomic E-state index is 0.00298. The molecule has 1 aliphatic rings. The number of hydrogen-bond donors (Lipinski definition) is 0. The molecule has 1 aliphatic heterocycles. The Labute approximate surface area is 178 Å². The summed E-state index contributed by atoms with van der Waals surface area (Å²) >= 11 is 0. The van der Waals surface area contributed by atoms with Crippen molar-refractivity contribution in [2.75, 3.05) is 6.54 Å². The molecule has 3 rings (SSSR count). The van der Waals surface area contributed by atoms with E-state index in [1.54, 1.807) is 23.2 Å². The van der Waals surface area contributed by atoms with Gasteiger partial charge in [0.15, 0.2) is 0 Å². The van der Waals surface area contributed by atoms with E-state index in [9.17, 15) is 14.0 Å². The van der Waals surface area contributed by atoms with Crippen LogP contribution in [0.25, 0.3) is 6.08 Å². The van der Waals surface area contributed by atoms with Crippen LogP contribution in [0.1, 0.15) is 62.3 Å². The summed E-state index contributed by atoms with van der Waals surface area (Å²) in [6.07, 6.45) is 6.92. The molecule has 0 N–H and O–H groups in total. The zero-order valence-electron chi connectivity index (χ0n) is 17.7. The first kappa shape index (κ1) is 21.8. The largest absolute Gasteiger partial charge is 0.338 e.